The molecule has 1 amide bonds. The average Bonchev–Trinajstić information content (AvgIpc) is 2.65. The van der Waals surface area contributed by atoms with Crippen LogP contribution < -0.4 is 11.2 Å². The molecule has 0 radical (unpaired) electrons. The van der Waals surface area contributed by atoms with Crippen LogP contribution in [0.3, 0.4) is 0 Å². The lowest BCUT2D eigenvalue weighted by Gasteiger charge is -2.38. The van der Waals surface area contributed by atoms with Crippen molar-refractivity contribution in [3.05, 3.63) is 32.6 Å². The van der Waals surface area contributed by atoms with Crippen molar-refractivity contribution in [3.8, 4) is 0 Å². The molecular formula is C20H33N5O3. The smallest absolute Gasteiger partial charge is 0.330 e. The summed E-state index contributed by atoms with van der Waals surface area (Å²) in [5.74, 6) is 1.39. The highest BCUT2D eigenvalue weighted by Crippen LogP contribution is 2.21. The van der Waals surface area contributed by atoms with Crippen LogP contribution >= 0.6 is 0 Å². The predicted molar refractivity (Wildman–Crippen MR) is 108 cm³/mol. The Bertz CT molecular complexity index is 812. The highest BCUT2D eigenvalue weighted by molar-refractivity contribution is 5.78. The third-order valence-electron chi connectivity index (χ3n) is 6.06. The molecule has 156 valence electrons. The number of likely N-dealkylation sites (tertiary alicyclic amines) is 1. The monoisotopic (exact) mass is 391 g/mol. The zero-order valence-corrected chi connectivity index (χ0v) is 17.6. The van der Waals surface area contributed by atoms with Gasteiger partial charge < -0.3 is 4.90 Å². The number of carbonyl (C=O) groups excluding carboxylic acids is 1. The normalized spacial score (nSPS) is 24.5. The SMILES string of the molecule is C[C@@H]1C[C@H](C)CN(C(=O)CN2CCN(Cc3cc(=O)n(C)c(=O)n3C)CC2)C1. The Labute approximate surface area is 166 Å². The Hall–Kier alpha value is -1.93. The molecule has 3 heterocycles. The van der Waals surface area contributed by atoms with Gasteiger partial charge in [-0.05, 0) is 18.3 Å². The van der Waals surface area contributed by atoms with Crippen molar-refractivity contribution in [2.45, 2.75) is 26.8 Å². The third-order valence-corrected chi connectivity index (χ3v) is 6.06. The van der Waals surface area contributed by atoms with E-state index in [2.05, 4.69) is 23.6 Å². The number of hydrogen-bond acceptors (Lipinski definition) is 5. The van der Waals surface area contributed by atoms with E-state index in [-0.39, 0.29) is 17.2 Å². The van der Waals surface area contributed by atoms with Crippen LogP contribution in [-0.4, -0.2) is 75.6 Å². The summed E-state index contributed by atoms with van der Waals surface area (Å²) in [4.78, 5) is 43.1. The first-order valence-electron chi connectivity index (χ1n) is 10.2. The topological polar surface area (TPSA) is 70.8 Å². The van der Waals surface area contributed by atoms with Gasteiger partial charge >= 0.3 is 5.69 Å². The van der Waals surface area contributed by atoms with Crippen LogP contribution in [-0.2, 0) is 25.4 Å². The van der Waals surface area contributed by atoms with Gasteiger partial charge in [-0.1, -0.05) is 13.8 Å². The van der Waals surface area contributed by atoms with Crippen molar-refractivity contribution < 1.29 is 4.79 Å². The molecule has 8 nitrogen and oxygen atoms in total. The van der Waals surface area contributed by atoms with Gasteiger partial charge in [0.25, 0.3) is 5.56 Å². The Morgan fingerprint density at radius 1 is 0.964 bits per heavy atom. The maximum atomic E-state index is 12.7. The number of hydrogen-bond donors (Lipinski definition) is 0. The summed E-state index contributed by atoms with van der Waals surface area (Å²) in [6.07, 6.45) is 1.20. The molecule has 2 fully saturated rings. The minimum atomic E-state index is -0.295. The van der Waals surface area contributed by atoms with Crippen LogP contribution in [0, 0.1) is 11.8 Å². The standard InChI is InChI=1S/C20H33N5O3/c1-15-9-16(2)12-25(11-15)19(27)14-24-7-5-23(6-8-24)13-17-10-18(26)22(4)20(28)21(17)3/h10,15-16H,5-9,11-14H2,1-4H3/t15-,16+. The number of amides is 1. The summed E-state index contributed by atoms with van der Waals surface area (Å²) in [6.45, 7) is 10.5. The second-order valence-electron chi connectivity index (χ2n) is 8.67. The lowest BCUT2D eigenvalue weighted by molar-refractivity contribution is -0.135. The van der Waals surface area contributed by atoms with Crippen LogP contribution in [0.25, 0.3) is 0 Å². The number of piperazine rings is 1. The summed E-state index contributed by atoms with van der Waals surface area (Å²) in [5.41, 5.74) is 0.165. The van der Waals surface area contributed by atoms with E-state index in [1.54, 1.807) is 7.05 Å². The van der Waals surface area contributed by atoms with Gasteiger partial charge in [-0.15, -0.1) is 0 Å². The quantitative estimate of drug-likeness (QED) is 0.705. The Morgan fingerprint density at radius 2 is 1.54 bits per heavy atom. The van der Waals surface area contributed by atoms with Gasteiger partial charge in [-0.25, -0.2) is 4.79 Å². The summed E-state index contributed by atoms with van der Waals surface area (Å²) < 4.78 is 2.66. The summed E-state index contributed by atoms with van der Waals surface area (Å²) in [5, 5.41) is 0. The minimum absolute atomic E-state index is 0.237. The van der Waals surface area contributed by atoms with E-state index in [0.29, 0.717) is 24.9 Å². The van der Waals surface area contributed by atoms with Gasteiger partial charge in [-0.3, -0.25) is 28.5 Å². The molecular weight excluding hydrogens is 358 g/mol. The zero-order chi connectivity index (χ0) is 20.4. The molecule has 0 spiro atoms. The van der Waals surface area contributed by atoms with Crippen molar-refractivity contribution in [3.63, 3.8) is 0 Å². The maximum absolute atomic E-state index is 12.7. The first-order chi connectivity index (χ1) is 13.2. The summed E-state index contributed by atoms with van der Waals surface area (Å²) in [6, 6.07) is 1.54. The molecule has 28 heavy (non-hydrogen) atoms. The fourth-order valence-corrected chi connectivity index (χ4v) is 4.42. The van der Waals surface area contributed by atoms with Crippen molar-refractivity contribution in [2.24, 2.45) is 25.9 Å². The lowest BCUT2D eigenvalue weighted by Crippen LogP contribution is -2.52. The number of aromatic nitrogens is 2. The van der Waals surface area contributed by atoms with Crippen molar-refractivity contribution in [1.29, 1.82) is 0 Å². The summed E-state index contributed by atoms with van der Waals surface area (Å²) >= 11 is 0. The highest BCUT2D eigenvalue weighted by atomic mass is 16.2. The fraction of sp³-hybridized carbons (Fsp3) is 0.750. The Morgan fingerprint density at radius 3 is 2.14 bits per heavy atom. The van der Waals surface area contributed by atoms with E-state index in [9.17, 15) is 14.4 Å². The molecule has 0 N–H and O–H groups in total. The van der Waals surface area contributed by atoms with E-state index in [4.69, 9.17) is 0 Å². The van der Waals surface area contributed by atoms with Gasteiger partial charge in [-0.2, -0.15) is 0 Å². The average molecular weight is 392 g/mol. The van der Waals surface area contributed by atoms with Gasteiger partial charge in [0.1, 0.15) is 0 Å². The first-order valence-corrected chi connectivity index (χ1v) is 10.2. The number of piperidine rings is 1. The molecule has 2 aliphatic rings. The highest BCUT2D eigenvalue weighted by Gasteiger charge is 2.27. The van der Waals surface area contributed by atoms with Gasteiger partial charge in [0.2, 0.25) is 5.91 Å². The molecule has 1 aromatic rings. The predicted octanol–water partition coefficient (Wildman–Crippen LogP) is -0.294. The zero-order valence-electron chi connectivity index (χ0n) is 17.6. The van der Waals surface area contributed by atoms with E-state index in [1.807, 2.05) is 4.90 Å². The molecule has 0 bridgehead atoms. The second-order valence-corrected chi connectivity index (χ2v) is 8.67. The lowest BCUT2D eigenvalue weighted by atomic mass is 9.92. The molecule has 2 saturated heterocycles. The molecule has 3 rings (SSSR count). The number of carbonyl (C=O) groups is 1. The second kappa shape index (κ2) is 8.61. The minimum Gasteiger partial charge on any atom is -0.341 e. The molecule has 0 saturated carbocycles. The van der Waals surface area contributed by atoms with Crippen LogP contribution in [0.4, 0.5) is 0 Å². The molecule has 8 heteroatoms. The van der Waals surface area contributed by atoms with Crippen molar-refractivity contribution in [1.82, 2.24) is 23.8 Å². The Balaban J connectivity index is 1.52. The third kappa shape index (κ3) is 4.72. The number of rotatable bonds is 4. The van der Waals surface area contributed by atoms with E-state index in [0.717, 1.165) is 49.5 Å². The van der Waals surface area contributed by atoms with E-state index in [1.165, 1.54) is 24.1 Å². The molecule has 0 aromatic carbocycles. The Kier molecular flexibility index (Phi) is 6.40. The van der Waals surface area contributed by atoms with Gasteiger partial charge in [0.05, 0.1) is 6.54 Å². The van der Waals surface area contributed by atoms with Crippen LogP contribution in [0.1, 0.15) is 26.0 Å². The van der Waals surface area contributed by atoms with Crippen molar-refractivity contribution >= 4 is 5.91 Å². The van der Waals surface area contributed by atoms with E-state index < -0.39 is 0 Å². The molecule has 0 unspecified atom stereocenters. The first kappa shape index (κ1) is 20.8. The summed E-state index contributed by atoms with van der Waals surface area (Å²) in [7, 11) is 3.20. The molecule has 1 aromatic heterocycles. The van der Waals surface area contributed by atoms with Crippen LogP contribution in [0.15, 0.2) is 15.7 Å². The number of nitrogens with zero attached hydrogens (tertiary/aromatic N) is 5. The molecule has 2 aliphatic heterocycles. The van der Waals surface area contributed by atoms with Crippen molar-refractivity contribution in [2.75, 3.05) is 45.8 Å². The maximum Gasteiger partial charge on any atom is 0.330 e. The van der Waals surface area contributed by atoms with Gasteiger partial charge in [0.15, 0.2) is 0 Å². The van der Waals surface area contributed by atoms with Crippen LogP contribution in [0.2, 0.25) is 0 Å². The van der Waals surface area contributed by atoms with Crippen LogP contribution in [0.5, 0.6) is 0 Å². The fourth-order valence-electron chi connectivity index (χ4n) is 4.42. The molecule has 0 aliphatic carbocycles. The van der Waals surface area contributed by atoms with E-state index >= 15 is 0 Å². The van der Waals surface area contributed by atoms with Gasteiger partial charge in [0, 0.05) is 71.7 Å². The molecule has 2 atom stereocenters. The largest absolute Gasteiger partial charge is 0.341 e.